The summed E-state index contributed by atoms with van der Waals surface area (Å²) in [5.41, 5.74) is 0. The molecule has 8 heteroatoms. The van der Waals surface area contributed by atoms with Gasteiger partial charge in [0.1, 0.15) is 0 Å². The number of rotatable bonds is 10. The minimum Gasteiger partial charge on any atom is -0.480 e. The lowest BCUT2D eigenvalue weighted by molar-refractivity contribution is -0.138. The summed E-state index contributed by atoms with van der Waals surface area (Å²) in [6.45, 7) is 0.381. The average molecular weight is 267 g/mol. The van der Waals surface area contributed by atoms with Crippen LogP contribution in [0.5, 0.6) is 0 Å². The summed E-state index contributed by atoms with van der Waals surface area (Å²) >= 11 is 0. The zero-order valence-electron chi connectivity index (χ0n) is 10.1. The first-order chi connectivity index (χ1) is 9.15. The van der Waals surface area contributed by atoms with E-state index in [2.05, 4.69) is 15.0 Å². The maximum Gasteiger partial charge on any atom is 0.329 e. The Balaban J connectivity index is 4.43. The molecule has 0 aliphatic rings. The quantitative estimate of drug-likeness (QED) is 0.448. The van der Waals surface area contributed by atoms with Gasteiger partial charge in [-0.3, -0.25) is 0 Å². The number of isocyanates is 3. The van der Waals surface area contributed by atoms with E-state index in [4.69, 9.17) is 5.11 Å². The van der Waals surface area contributed by atoms with Gasteiger partial charge in [-0.2, -0.15) is 4.99 Å². The molecular weight excluding hydrogens is 254 g/mol. The standard InChI is InChI=1S/C11H13N3O5/c15-6-12-4-3-9(5-13-7-16)1-2-10(11(18)19)14-8-17/h9-10H,1-5H2,(H,18,19). The molecule has 0 heterocycles. The van der Waals surface area contributed by atoms with Crippen LogP contribution in [0.2, 0.25) is 0 Å². The molecule has 0 saturated carbocycles. The number of carbonyl (C=O) groups excluding carboxylic acids is 3. The Morgan fingerprint density at radius 3 is 2.21 bits per heavy atom. The van der Waals surface area contributed by atoms with Crippen molar-refractivity contribution in [1.82, 2.24) is 0 Å². The first-order valence-corrected chi connectivity index (χ1v) is 5.52. The van der Waals surface area contributed by atoms with Crippen molar-refractivity contribution in [3.05, 3.63) is 0 Å². The van der Waals surface area contributed by atoms with E-state index in [-0.39, 0.29) is 25.4 Å². The minimum atomic E-state index is -1.22. The molecule has 0 aromatic rings. The normalized spacial score (nSPS) is 12.2. The molecule has 0 fully saturated rings. The third-order valence-corrected chi connectivity index (χ3v) is 2.47. The van der Waals surface area contributed by atoms with Gasteiger partial charge in [0.05, 0.1) is 13.1 Å². The number of carboxylic acids is 1. The van der Waals surface area contributed by atoms with Gasteiger partial charge in [0.25, 0.3) is 0 Å². The molecule has 1 N–H and O–H groups in total. The molecule has 0 aliphatic carbocycles. The van der Waals surface area contributed by atoms with Gasteiger partial charge in [-0.1, -0.05) is 0 Å². The molecule has 0 saturated heterocycles. The average Bonchev–Trinajstić information content (AvgIpc) is 2.39. The summed E-state index contributed by atoms with van der Waals surface area (Å²) in [4.78, 5) is 50.7. The topological polar surface area (TPSA) is 126 Å². The number of nitrogens with zero attached hydrogens (tertiary/aromatic N) is 3. The van der Waals surface area contributed by atoms with E-state index in [0.717, 1.165) is 0 Å². The van der Waals surface area contributed by atoms with E-state index < -0.39 is 12.0 Å². The number of hydrogen-bond donors (Lipinski definition) is 1. The summed E-state index contributed by atoms with van der Waals surface area (Å²) in [6, 6.07) is -1.16. The van der Waals surface area contributed by atoms with Crippen molar-refractivity contribution in [3.63, 3.8) is 0 Å². The molecule has 0 rings (SSSR count). The Morgan fingerprint density at radius 2 is 1.68 bits per heavy atom. The van der Waals surface area contributed by atoms with E-state index in [1.165, 1.54) is 18.2 Å². The van der Waals surface area contributed by atoms with Crippen LogP contribution in [0.15, 0.2) is 15.0 Å². The molecule has 0 aliphatic heterocycles. The SMILES string of the molecule is O=C=NCCC(CCC(N=C=O)C(=O)O)CN=C=O. The number of aliphatic imine (C=N–C) groups is 3. The van der Waals surface area contributed by atoms with Crippen molar-refractivity contribution in [2.75, 3.05) is 13.1 Å². The zero-order chi connectivity index (χ0) is 14.5. The Morgan fingerprint density at radius 1 is 1.00 bits per heavy atom. The molecule has 102 valence electrons. The van der Waals surface area contributed by atoms with E-state index in [0.29, 0.717) is 12.8 Å². The van der Waals surface area contributed by atoms with E-state index in [1.54, 1.807) is 0 Å². The molecule has 0 aromatic heterocycles. The second-order valence-electron chi connectivity index (χ2n) is 3.71. The zero-order valence-corrected chi connectivity index (χ0v) is 10.1. The van der Waals surface area contributed by atoms with Gasteiger partial charge in [-0.15, -0.1) is 0 Å². The van der Waals surface area contributed by atoms with Crippen LogP contribution in [-0.2, 0) is 19.2 Å². The van der Waals surface area contributed by atoms with E-state index in [1.807, 2.05) is 0 Å². The smallest absolute Gasteiger partial charge is 0.329 e. The third kappa shape index (κ3) is 8.35. The fourth-order valence-electron chi connectivity index (χ4n) is 1.49. The highest BCUT2D eigenvalue weighted by atomic mass is 16.4. The van der Waals surface area contributed by atoms with E-state index in [9.17, 15) is 19.2 Å². The van der Waals surface area contributed by atoms with Crippen molar-refractivity contribution < 1.29 is 24.3 Å². The number of carboxylic acid groups (broad SMARTS) is 1. The summed E-state index contributed by atoms with van der Waals surface area (Å²) in [5, 5.41) is 8.78. The van der Waals surface area contributed by atoms with Gasteiger partial charge < -0.3 is 5.11 Å². The molecule has 0 spiro atoms. The molecule has 0 bridgehead atoms. The highest BCUT2D eigenvalue weighted by Gasteiger charge is 2.18. The largest absolute Gasteiger partial charge is 0.480 e. The lowest BCUT2D eigenvalue weighted by atomic mass is 9.97. The summed E-state index contributed by atoms with van der Waals surface area (Å²) in [7, 11) is 0. The van der Waals surface area contributed by atoms with Crippen LogP contribution < -0.4 is 0 Å². The van der Waals surface area contributed by atoms with Crippen molar-refractivity contribution in [2.24, 2.45) is 20.9 Å². The molecule has 8 nitrogen and oxygen atoms in total. The molecule has 0 amide bonds. The molecule has 0 aromatic carbocycles. The first kappa shape index (κ1) is 16.6. The highest BCUT2D eigenvalue weighted by Crippen LogP contribution is 2.15. The van der Waals surface area contributed by atoms with Crippen LogP contribution >= 0.6 is 0 Å². The van der Waals surface area contributed by atoms with E-state index >= 15 is 0 Å². The van der Waals surface area contributed by atoms with Crippen LogP contribution in [-0.4, -0.2) is 48.4 Å². The van der Waals surface area contributed by atoms with Crippen LogP contribution in [0.4, 0.5) is 0 Å². The predicted molar refractivity (Wildman–Crippen MR) is 62.9 cm³/mol. The Hall–Kier alpha value is -2.39. The van der Waals surface area contributed by atoms with Gasteiger partial charge in [-0.05, 0) is 25.2 Å². The maximum atomic E-state index is 10.7. The predicted octanol–water partition coefficient (Wildman–Crippen LogP) is 0.233. The molecule has 0 radical (unpaired) electrons. The number of carbonyl (C=O) groups is 1. The molecular formula is C11H13N3O5. The van der Waals surface area contributed by atoms with Gasteiger partial charge in [0.15, 0.2) is 6.04 Å². The molecule has 2 atom stereocenters. The Bertz CT molecular complexity index is 430. The molecule has 19 heavy (non-hydrogen) atoms. The fourth-order valence-corrected chi connectivity index (χ4v) is 1.49. The van der Waals surface area contributed by atoms with Crippen LogP contribution in [0.25, 0.3) is 0 Å². The van der Waals surface area contributed by atoms with Gasteiger partial charge >= 0.3 is 5.97 Å². The third-order valence-electron chi connectivity index (χ3n) is 2.47. The van der Waals surface area contributed by atoms with Crippen LogP contribution in [0.3, 0.4) is 0 Å². The fraction of sp³-hybridized carbons (Fsp3) is 0.636. The van der Waals surface area contributed by atoms with Crippen molar-refractivity contribution in [2.45, 2.75) is 25.3 Å². The lowest BCUT2D eigenvalue weighted by Crippen LogP contribution is -2.20. The summed E-state index contributed by atoms with van der Waals surface area (Å²) in [6.07, 6.45) is 4.93. The van der Waals surface area contributed by atoms with Crippen molar-refractivity contribution in [3.8, 4) is 0 Å². The van der Waals surface area contributed by atoms with Crippen molar-refractivity contribution >= 4 is 24.2 Å². The second-order valence-corrected chi connectivity index (χ2v) is 3.71. The summed E-state index contributed by atoms with van der Waals surface area (Å²) < 4.78 is 0. The lowest BCUT2D eigenvalue weighted by Gasteiger charge is -2.13. The highest BCUT2D eigenvalue weighted by molar-refractivity contribution is 5.74. The number of aliphatic carboxylic acids is 1. The Labute approximate surface area is 109 Å². The van der Waals surface area contributed by atoms with Gasteiger partial charge in [-0.25, -0.2) is 29.2 Å². The Kier molecular flexibility index (Phi) is 9.39. The minimum absolute atomic E-state index is 0.119. The molecule has 2 unspecified atom stereocenters. The summed E-state index contributed by atoms with van der Waals surface area (Å²) in [5.74, 6) is -1.35. The van der Waals surface area contributed by atoms with Gasteiger partial charge in [0, 0.05) is 0 Å². The second kappa shape index (κ2) is 10.7. The van der Waals surface area contributed by atoms with Gasteiger partial charge in [0.2, 0.25) is 18.2 Å². The van der Waals surface area contributed by atoms with Crippen LogP contribution in [0, 0.1) is 5.92 Å². The monoisotopic (exact) mass is 267 g/mol. The first-order valence-electron chi connectivity index (χ1n) is 5.52. The van der Waals surface area contributed by atoms with Crippen molar-refractivity contribution in [1.29, 1.82) is 0 Å². The van der Waals surface area contributed by atoms with Crippen LogP contribution in [0.1, 0.15) is 19.3 Å². The number of hydrogen-bond acceptors (Lipinski definition) is 7. The maximum absolute atomic E-state index is 10.7.